The molecule has 7 heteroatoms. The summed E-state index contributed by atoms with van der Waals surface area (Å²) in [5, 5.41) is 6.09. The molecule has 1 aromatic heterocycles. The SMILES string of the molecule is Cc1cc2c(o1)CC(C)(C)CC2NC(=O)CC1Sc2ccc(Cl)cc2NC1=O. The summed E-state index contributed by atoms with van der Waals surface area (Å²) in [6, 6.07) is 7.31. The number of carbonyl (C=O) groups excluding carboxylic acids is 2. The fraction of sp³-hybridized carbons (Fsp3) is 0.429. The zero-order valence-corrected chi connectivity index (χ0v) is 17.7. The Hall–Kier alpha value is -1.92. The minimum atomic E-state index is -0.462. The fourth-order valence-corrected chi connectivity index (χ4v) is 5.25. The predicted molar refractivity (Wildman–Crippen MR) is 111 cm³/mol. The summed E-state index contributed by atoms with van der Waals surface area (Å²) in [7, 11) is 0. The van der Waals surface area contributed by atoms with Gasteiger partial charge in [0.15, 0.2) is 0 Å². The lowest BCUT2D eigenvalue weighted by atomic mass is 9.74. The van der Waals surface area contributed by atoms with Crippen LogP contribution in [0.3, 0.4) is 0 Å². The number of benzene rings is 1. The molecule has 5 nitrogen and oxygen atoms in total. The standard InChI is InChI=1S/C21H23ClN2O3S/c1-11-6-13-15(9-21(2,3)10-16(13)27-11)23-19(25)8-18-20(26)24-14-7-12(22)4-5-17(14)28-18/h4-7,15,18H,8-10H2,1-3H3,(H,23,25)(H,24,26). The van der Waals surface area contributed by atoms with Crippen LogP contribution in [0.25, 0.3) is 0 Å². The first kappa shape index (κ1) is 19.4. The van der Waals surface area contributed by atoms with Crippen LogP contribution in [0.1, 0.15) is 49.8 Å². The van der Waals surface area contributed by atoms with E-state index < -0.39 is 5.25 Å². The second kappa shape index (κ2) is 7.16. The van der Waals surface area contributed by atoms with Gasteiger partial charge in [-0.2, -0.15) is 0 Å². The Morgan fingerprint density at radius 1 is 1.39 bits per heavy atom. The van der Waals surface area contributed by atoms with Gasteiger partial charge in [-0.25, -0.2) is 0 Å². The molecule has 2 aromatic rings. The van der Waals surface area contributed by atoms with Crippen LogP contribution in [0.4, 0.5) is 5.69 Å². The highest BCUT2D eigenvalue weighted by atomic mass is 35.5. The molecule has 2 amide bonds. The molecule has 0 saturated carbocycles. The highest BCUT2D eigenvalue weighted by Gasteiger charge is 2.36. The van der Waals surface area contributed by atoms with Crippen LogP contribution in [0, 0.1) is 12.3 Å². The van der Waals surface area contributed by atoms with Crippen molar-refractivity contribution >= 4 is 40.9 Å². The van der Waals surface area contributed by atoms with Gasteiger partial charge in [-0.3, -0.25) is 9.59 Å². The quantitative estimate of drug-likeness (QED) is 0.745. The fourth-order valence-electron chi connectivity index (χ4n) is 3.99. The molecule has 28 heavy (non-hydrogen) atoms. The molecule has 0 fully saturated rings. The van der Waals surface area contributed by atoms with Gasteiger partial charge in [0.2, 0.25) is 11.8 Å². The summed E-state index contributed by atoms with van der Waals surface area (Å²) in [5.74, 6) is 1.52. The molecule has 2 aliphatic rings. The molecule has 0 bridgehead atoms. The maximum absolute atomic E-state index is 12.8. The zero-order valence-electron chi connectivity index (χ0n) is 16.1. The molecule has 148 valence electrons. The van der Waals surface area contributed by atoms with Gasteiger partial charge < -0.3 is 15.1 Å². The average Bonchev–Trinajstić information content (AvgIpc) is 2.94. The third-order valence-electron chi connectivity index (χ3n) is 5.20. The molecule has 4 rings (SSSR count). The normalized spacial score (nSPS) is 22.8. The van der Waals surface area contributed by atoms with Crippen LogP contribution >= 0.6 is 23.4 Å². The van der Waals surface area contributed by atoms with E-state index in [9.17, 15) is 9.59 Å². The largest absolute Gasteiger partial charge is 0.466 e. The zero-order chi connectivity index (χ0) is 20.1. The first-order valence-corrected chi connectivity index (χ1v) is 10.6. The van der Waals surface area contributed by atoms with E-state index in [2.05, 4.69) is 24.5 Å². The van der Waals surface area contributed by atoms with Crippen molar-refractivity contribution in [2.24, 2.45) is 5.41 Å². The third-order valence-corrected chi connectivity index (χ3v) is 6.71. The van der Waals surface area contributed by atoms with E-state index in [1.54, 1.807) is 12.1 Å². The van der Waals surface area contributed by atoms with Crippen molar-refractivity contribution < 1.29 is 14.0 Å². The van der Waals surface area contributed by atoms with Crippen LogP contribution < -0.4 is 10.6 Å². The number of nitrogens with one attached hydrogen (secondary N) is 2. The Kier molecular flexibility index (Phi) is 4.96. The van der Waals surface area contributed by atoms with Gasteiger partial charge in [-0.05, 0) is 43.0 Å². The number of rotatable bonds is 3. The number of halogens is 1. The van der Waals surface area contributed by atoms with Crippen molar-refractivity contribution in [1.82, 2.24) is 5.32 Å². The smallest absolute Gasteiger partial charge is 0.238 e. The summed E-state index contributed by atoms with van der Waals surface area (Å²) in [6.07, 6.45) is 1.83. The number of thioether (sulfide) groups is 1. The van der Waals surface area contributed by atoms with Crippen molar-refractivity contribution in [3.63, 3.8) is 0 Å². The van der Waals surface area contributed by atoms with Gasteiger partial charge in [-0.15, -0.1) is 11.8 Å². The maximum Gasteiger partial charge on any atom is 0.238 e. The van der Waals surface area contributed by atoms with Crippen molar-refractivity contribution in [3.05, 3.63) is 46.4 Å². The topological polar surface area (TPSA) is 71.3 Å². The number of hydrogen-bond acceptors (Lipinski definition) is 4. The molecule has 0 spiro atoms. The number of fused-ring (bicyclic) bond motifs is 2. The number of amides is 2. The molecular formula is C21H23ClN2O3S. The lowest BCUT2D eigenvalue weighted by Gasteiger charge is -2.35. The van der Waals surface area contributed by atoms with Gasteiger partial charge in [0.25, 0.3) is 0 Å². The highest BCUT2D eigenvalue weighted by Crippen LogP contribution is 2.42. The van der Waals surface area contributed by atoms with E-state index in [0.29, 0.717) is 10.7 Å². The molecule has 0 radical (unpaired) electrons. The van der Waals surface area contributed by atoms with Crippen molar-refractivity contribution in [2.45, 2.75) is 56.2 Å². The van der Waals surface area contributed by atoms with Crippen LogP contribution in [-0.4, -0.2) is 17.1 Å². The van der Waals surface area contributed by atoms with Crippen LogP contribution in [0.5, 0.6) is 0 Å². The summed E-state index contributed by atoms with van der Waals surface area (Å²) >= 11 is 7.39. The van der Waals surface area contributed by atoms with E-state index in [-0.39, 0.29) is 29.7 Å². The molecule has 2 N–H and O–H groups in total. The van der Waals surface area contributed by atoms with E-state index in [1.165, 1.54) is 11.8 Å². The first-order valence-electron chi connectivity index (χ1n) is 9.36. The van der Waals surface area contributed by atoms with Gasteiger partial charge in [0.1, 0.15) is 11.5 Å². The second-order valence-electron chi connectivity index (χ2n) is 8.34. The molecule has 2 atom stereocenters. The lowest BCUT2D eigenvalue weighted by molar-refractivity contribution is -0.124. The van der Waals surface area contributed by atoms with Gasteiger partial charge >= 0.3 is 0 Å². The lowest BCUT2D eigenvalue weighted by Crippen LogP contribution is -2.39. The number of aryl methyl sites for hydroxylation is 1. The molecular weight excluding hydrogens is 396 g/mol. The van der Waals surface area contributed by atoms with E-state index in [1.807, 2.05) is 19.1 Å². The molecule has 1 aromatic carbocycles. The van der Waals surface area contributed by atoms with E-state index >= 15 is 0 Å². The maximum atomic E-state index is 12.8. The number of anilines is 1. The number of furan rings is 1. The summed E-state index contributed by atoms with van der Waals surface area (Å²) in [5.41, 5.74) is 1.81. The van der Waals surface area contributed by atoms with Crippen molar-refractivity contribution in [2.75, 3.05) is 5.32 Å². The van der Waals surface area contributed by atoms with Gasteiger partial charge in [-0.1, -0.05) is 25.4 Å². The molecule has 0 saturated heterocycles. The monoisotopic (exact) mass is 418 g/mol. The summed E-state index contributed by atoms with van der Waals surface area (Å²) in [4.78, 5) is 26.1. The Morgan fingerprint density at radius 3 is 2.96 bits per heavy atom. The minimum Gasteiger partial charge on any atom is -0.466 e. The number of hydrogen-bond donors (Lipinski definition) is 2. The van der Waals surface area contributed by atoms with Crippen LogP contribution in [0.15, 0.2) is 33.6 Å². The van der Waals surface area contributed by atoms with Gasteiger partial charge in [0.05, 0.1) is 17.0 Å². The second-order valence-corrected chi connectivity index (χ2v) is 10.0. The molecule has 2 heterocycles. The third kappa shape index (κ3) is 3.94. The Bertz CT molecular complexity index is 953. The van der Waals surface area contributed by atoms with Gasteiger partial charge in [0, 0.05) is 28.3 Å². The van der Waals surface area contributed by atoms with Crippen LogP contribution in [-0.2, 0) is 16.0 Å². The Labute approximate surface area is 173 Å². The predicted octanol–water partition coefficient (Wildman–Crippen LogP) is 4.87. The van der Waals surface area contributed by atoms with Crippen molar-refractivity contribution in [3.8, 4) is 0 Å². The minimum absolute atomic E-state index is 0.0460. The van der Waals surface area contributed by atoms with Crippen LogP contribution in [0.2, 0.25) is 5.02 Å². The molecule has 1 aliphatic heterocycles. The summed E-state index contributed by atoms with van der Waals surface area (Å²) in [6.45, 7) is 6.29. The molecule has 1 aliphatic carbocycles. The molecule has 2 unspecified atom stereocenters. The van der Waals surface area contributed by atoms with Crippen molar-refractivity contribution in [1.29, 1.82) is 0 Å². The van der Waals surface area contributed by atoms with E-state index in [0.717, 1.165) is 34.8 Å². The first-order chi connectivity index (χ1) is 13.2. The Balaban J connectivity index is 1.46. The average molecular weight is 419 g/mol. The number of carbonyl (C=O) groups is 2. The Morgan fingerprint density at radius 2 is 2.18 bits per heavy atom. The van der Waals surface area contributed by atoms with E-state index in [4.69, 9.17) is 16.0 Å². The highest BCUT2D eigenvalue weighted by molar-refractivity contribution is 8.01. The summed E-state index contributed by atoms with van der Waals surface area (Å²) < 4.78 is 5.84.